The second kappa shape index (κ2) is 35.6. The lowest BCUT2D eigenvalue weighted by atomic mass is 9.97. The molecule has 0 radical (unpaired) electrons. The zero-order valence-electron chi connectivity index (χ0n) is 74.9. The van der Waals surface area contributed by atoms with E-state index in [0.717, 1.165) is 149 Å². The van der Waals surface area contributed by atoms with Crippen molar-refractivity contribution in [3.05, 3.63) is 479 Å². The first-order valence-electron chi connectivity index (χ1n) is 46.4. The predicted octanol–water partition coefficient (Wildman–Crippen LogP) is 33.3. The lowest BCUT2D eigenvalue weighted by Crippen LogP contribution is -2.00. The number of hydrogen-bond donors (Lipinski definition) is 0. The maximum absolute atomic E-state index is 6.19. The molecule has 0 fully saturated rings. The van der Waals surface area contributed by atoms with Crippen molar-refractivity contribution >= 4 is 109 Å². The van der Waals surface area contributed by atoms with Crippen molar-refractivity contribution in [2.75, 3.05) is 0 Å². The van der Waals surface area contributed by atoms with Crippen LogP contribution in [0.15, 0.2) is 492 Å². The Labute approximate surface area is 799 Å². The van der Waals surface area contributed by atoms with Gasteiger partial charge in [-0.1, -0.05) is 406 Å². The van der Waals surface area contributed by atoms with E-state index in [2.05, 4.69) is 291 Å². The number of aromatic nitrogens is 9. The average Bonchev–Trinajstić information content (AvgIpc) is 1.67. The first-order valence-corrected chi connectivity index (χ1v) is 46.4. The molecule has 12 nitrogen and oxygen atoms in total. The molecule has 12 heteroatoms. The number of hydrogen-bond acceptors (Lipinski definition) is 12. The summed E-state index contributed by atoms with van der Waals surface area (Å²) in [6, 6.07) is 165. The van der Waals surface area contributed by atoms with Gasteiger partial charge in [0.1, 0.15) is 33.5 Å². The molecule has 0 atom stereocenters. The molecule has 6 heterocycles. The summed E-state index contributed by atoms with van der Waals surface area (Å²) in [5, 5.41) is 15.7. The zero-order chi connectivity index (χ0) is 92.1. The van der Waals surface area contributed by atoms with Crippen molar-refractivity contribution in [2.45, 2.75) is 0 Å². The summed E-state index contributed by atoms with van der Waals surface area (Å²) in [5.74, 6) is 5.60. The number of benzene rings is 21. The normalized spacial score (nSPS) is 11.5. The lowest BCUT2D eigenvalue weighted by Gasteiger charge is -2.10. The molecule has 21 aromatic carbocycles. The van der Waals surface area contributed by atoms with Crippen LogP contribution in [0.2, 0.25) is 0 Å². The van der Waals surface area contributed by atoms with Gasteiger partial charge >= 0.3 is 0 Å². The van der Waals surface area contributed by atoms with Gasteiger partial charge in [0.15, 0.2) is 52.4 Å². The van der Waals surface area contributed by atoms with Crippen LogP contribution in [0, 0.1) is 0 Å². The minimum Gasteiger partial charge on any atom is -0.456 e. The van der Waals surface area contributed by atoms with Crippen LogP contribution >= 0.6 is 0 Å². The Morgan fingerprint density at radius 1 is 0.115 bits per heavy atom. The van der Waals surface area contributed by atoms with Crippen LogP contribution < -0.4 is 0 Å². The Morgan fingerprint density at radius 3 is 0.619 bits per heavy atom. The standard InChI is InChI=1S/2C43H27N3O.C41H25N3O/c1-3-10-28(11-4-1)29-18-20-30(21-19-29)32-22-23-34-27-35(25-24-33(34)26-32)42-44-41(31-12-5-2-6-13-31)45-43(46-42)37-15-9-17-39-40(37)36-14-7-8-16-38(36)47-39;1-2-10-32(11-3-1)41-44-42(46-43(45-41)37-14-8-16-39-40(37)36-13-6-7-15-38(36)47-39)33-24-21-30(22-25-33)29-17-19-31(20-18-29)35-26-23-28-9-4-5-12-34(28)27-35;1-2-10-27(11-3-1)39-42-40(44-41(43-39)35-14-8-16-37-38(35)34-13-6-7-15-36(34)45-37)33-22-21-31-24-30(19-20-32(31)25-33)29-18-17-26-9-4-5-12-28(26)23-29/h2*1-27H;1-25H. The molecule has 0 aliphatic rings. The monoisotopic (exact) mass is 1780 g/mol. The molecule has 0 unspecified atom stereocenters. The molecule has 139 heavy (non-hydrogen) atoms. The van der Waals surface area contributed by atoms with E-state index in [0.29, 0.717) is 52.4 Å². The lowest BCUT2D eigenvalue weighted by molar-refractivity contribution is 0.668. The molecule has 0 spiro atoms. The molecule has 0 bridgehead atoms. The molecule has 27 rings (SSSR count). The Balaban J connectivity index is 0.000000110. The third-order valence-electron chi connectivity index (χ3n) is 26.0. The highest BCUT2D eigenvalue weighted by molar-refractivity contribution is 6.14. The van der Waals surface area contributed by atoms with E-state index in [4.69, 9.17) is 58.1 Å². The summed E-state index contributed by atoms with van der Waals surface area (Å²) in [4.78, 5) is 45.1. The van der Waals surface area contributed by atoms with Crippen LogP contribution in [0.3, 0.4) is 0 Å². The molecule has 0 amide bonds. The van der Waals surface area contributed by atoms with Gasteiger partial charge in [-0.2, -0.15) is 0 Å². The zero-order valence-corrected chi connectivity index (χ0v) is 74.9. The van der Waals surface area contributed by atoms with E-state index in [-0.39, 0.29) is 0 Å². The molecular weight excluding hydrogens is 1700 g/mol. The highest BCUT2D eigenvalue weighted by Gasteiger charge is 2.24. The number of furan rings is 3. The van der Waals surface area contributed by atoms with Gasteiger partial charge in [0.2, 0.25) is 0 Å². The average molecular weight is 1780 g/mol. The second-order valence-corrected chi connectivity index (χ2v) is 34.6. The highest BCUT2D eigenvalue weighted by Crippen LogP contribution is 2.43. The maximum Gasteiger partial charge on any atom is 0.164 e. The number of nitrogens with zero attached hydrogens (tertiary/aromatic N) is 9. The second-order valence-electron chi connectivity index (χ2n) is 34.6. The summed E-state index contributed by atoms with van der Waals surface area (Å²) >= 11 is 0. The molecule has 650 valence electrons. The number of rotatable bonds is 14. The van der Waals surface area contributed by atoms with Crippen molar-refractivity contribution in [3.8, 4) is 158 Å². The Morgan fingerprint density at radius 2 is 0.302 bits per heavy atom. The summed E-state index contributed by atoms with van der Waals surface area (Å²) < 4.78 is 18.6. The first kappa shape index (κ1) is 82.0. The molecule has 0 saturated carbocycles. The Kier molecular flexibility index (Phi) is 21.0. The van der Waals surface area contributed by atoms with Crippen LogP contribution in [0.5, 0.6) is 0 Å². The van der Waals surface area contributed by atoms with Crippen molar-refractivity contribution < 1.29 is 13.3 Å². The Hall–Kier alpha value is -18.9. The molecule has 27 aromatic rings. The van der Waals surface area contributed by atoms with E-state index in [9.17, 15) is 0 Å². The predicted molar refractivity (Wildman–Crippen MR) is 567 cm³/mol. The van der Waals surface area contributed by atoms with Gasteiger partial charge in [-0.25, -0.2) is 44.9 Å². The molecule has 6 aromatic heterocycles. The molecule has 0 aliphatic heterocycles. The maximum atomic E-state index is 6.19. The van der Waals surface area contributed by atoms with Crippen LogP contribution in [0.25, 0.3) is 267 Å². The van der Waals surface area contributed by atoms with Crippen LogP contribution in [-0.2, 0) is 0 Å². The van der Waals surface area contributed by atoms with Crippen LogP contribution in [0.1, 0.15) is 0 Å². The van der Waals surface area contributed by atoms with Crippen LogP contribution in [0.4, 0.5) is 0 Å². The SMILES string of the molecule is c1ccc(-c2ccc(-c3ccc4cc(-c5nc(-c6ccccc6)nc(-c6cccc7oc8ccccc8c67)n5)ccc4c3)cc2)cc1.c1ccc(-c2nc(-c3ccc(-c4ccc(-c5ccc6ccccc6c5)cc4)cc3)nc(-c3cccc4oc5ccccc5c34)n2)cc1.c1ccc(-c2nc(-c3ccc4cc(-c5ccc6ccccc6c5)ccc4c3)nc(-c3cccc4oc5ccccc5c34)n2)cc1. The highest BCUT2D eigenvalue weighted by atomic mass is 16.3. The van der Waals surface area contributed by atoms with Gasteiger partial charge in [-0.15, -0.1) is 0 Å². The molecule has 0 aliphatic carbocycles. The first-order chi connectivity index (χ1) is 68.8. The summed E-state index contributed by atoms with van der Waals surface area (Å²) in [7, 11) is 0. The van der Waals surface area contributed by atoms with Crippen LogP contribution in [-0.4, -0.2) is 44.9 Å². The number of para-hydroxylation sites is 3. The summed E-state index contributed by atoms with van der Waals surface area (Å²) in [6.07, 6.45) is 0. The number of fused-ring (bicyclic) bond motifs is 13. The topological polar surface area (TPSA) is 155 Å². The van der Waals surface area contributed by atoms with Gasteiger partial charge < -0.3 is 13.3 Å². The van der Waals surface area contributed by atoms with Crippen molar-refractivity contribution in [1.82, 2.24) is 44.9 Å². The largest absolute Gasteiger partial charge is 0.456 e. The summed E-state index contributed by atoms with van der Waals surface area (Å²) in [5.41, 5.74) is 25.2. The molecule has 0 saturated heterocycles. The quantitative estimate of drug-likeness (QED) is 0.102. The molecular formula is C127H79N9O3. The Bertz CT molecular complexity index is 9380. The van der Waals surface area contributed by atoms with E-state index in [1.807, 2.05) is 188 Å². The van der Waals surface area contributed by atoms with E-state index < -0.39 is 0 Å². The third-order valence-corrected chi connectivity index (χ3v) is 26.0. The minimum absolute atomic E-state index is 0.611. The van der Waals surface area contributed by atoms with E-state index in [1.54, 1.807) is 0 Å². The van der Waals surface area contributed by atoms with Gasteiger partial charge in [0.25, 0.3) is 0 Å². The fraction of sp³-hybridized carbons (Fsp3) is 0. The molecule has 0 N–H and O–H groups in total. The van der Waals surface area contributed by atoms with Gasteiger partial charge in [0.05, 0.1) is 0 Å². The fourth-order valence-electron chi connectivity index (χ4n) is 18.9. The van der Waals surface area contributed by atoms with E-state index in [1.165, 1.54) is 66.1 Å². The van der Waals surface area contributed by atoms with Crippen molar-refractivity contribution in [1.29, 1.82) is 0 Å². The van der Waals surface area contributed by atoms with E-state index >= 15 is 0 Å². The van der Waals surface area contributed by atoms with Gasteiger partial charge in [-0.3, -0.25) is 0 Å². The third kappa shape index (κ3) is 16.1. The fourth-order valence-corrected chi connectivity index (χ4v) is 18.9. The van der Waals surface area contributed by atoms with Gasteiger partial charge in [0, 0.05) is 82.4 Å². The summed E-state index contributed by atoms with van der Waals surface area (Å²) in [6.45, 7) is 0. The minimum atomic E-state index is 0.611. The van der Waals surface area contributed by atoms with Crippen molar-refractivity contribution in [2.24, 2.45) is 0 Å². The van der Waals surface area contributed by atoms with Crippen molar-refractivity contribution in [3.63, 3.8) is 0 Å². The van der Waals surface area contributed by atoms with Gasteiger partial charge in [-0.05, 0) is 172 Å². The smallest absolute Gasteiger partial charge is 0.164 e.